The van der Waals surface area contributed by atoms with Crippen LogP contribution in [-0.4, -0.2) is 42.7 Å². The third kappa shape index (κ3) is 3.43. The van der Waals surface area contributed by atoms with Gasteiger partial charge in [-0.2, -0.15) is 4.89 Å². The second-order valence-corrected chi connectivity index (χ2v) is 5.96. The fourth-order valence-corrected chi connectivity index (χ4v) is 3.19. The molecule has 0 fully saturated rings. The highest BCUT2D eigenvalue weighted by molar-refractivity contribution is 5.91. The first-order chi connectivity index (χ1) is 14.5. The van der Waals surface area contributed by atoms with Gasteiger partial charge in [0.05, 0.1) is 48.2 Å². The number of benzene rings is 2. The number of rotatable bonds is 8. The summed E-state index contributed by atoms with van der Waals surface area (Å²) in [5.41, 5.74) is 0.673. The molecule has 3 aromatic rings. The Morgan fingerprint density at radius 3 is 1.80 bits per heavy atom. The molecule has 0 radical (unpaired) electrons. The summed E-state index contributed by atoms with van der Waals surface area (Å²) in [7, 11) is 8.68. The Balaban J connectivity index is 2.33. The van der Waals surface area contributed by atoms with E-state index in [1.165, 1.54) is 55.0 Å². The third-order valence-corrected chi connectivity index (χ3v) is 4.50. The summed E-state index contributed by atoms with van der Waals surface area (Å²) < 4.78 is 32.6. The van der Waals surface area contributed by atoms with E-state index in [0.29, 0.717) is 22.8 Å². The van der Waals surface area contributed by atoms with E-state index in [1.807, 2.05) is 0 Å². The first-order valence-corrected chi connectivity index (χ1v) is 8.76. The van der Waals surface area contributed by atoms with Gasteiger partial charge in [-0.25, -0.2) is 0 Å². The molecular formula is C21H22O9. The maximum absolute atomic E-state index is 13.4. The summed E-state index contributed by atoms with van der Waals surface area (Å²) in [6.45, 7) is 0. The van der Waals surface area contributed by atoms with Crippen LogP contribution < -0.4 is 34.0 Å². The number of hydrogen-bond acceptors (Lipinski definition) is 9. The van der Waals surface area contributed by atoms with Gasteiger partial charge in [0.25, 0.3) is 0 Å². The van der Waals surface area contributed by atoms with Gasteiger partial charge in [-0.1, -0.05) is 0 Å². The minimum absolute atomic E-state index is 0.157. The molecule has 2 aromatic carbocycles. The maximum atomic E-state index is 13.4. The number of methoxy groups -OCH3 is 5. The van der Waals surface area contributed by atoms with Crippen LogP contribution >= 0.6 is 0 Å². The zero-order valence-corrected chi connectivity index (χ0v) is 17.5. The lowest BCUT2D eigenvalue weighted by Crippen LogP contribution is -2.08. The molecular weight excluding hydrogens is 396 g/mol. The smallest absolute Gasteiger partial charge is 0.214 e. The van der Waals surface area contributed by atoms with Crippen LogP contribution in [0.3, 0.4) is 0 Å². The molecule has 30 heavy (non-hydrogen) atoms. The monoisotopic (exact) mass is 418 g/mol. The lowest BCUT2D eigenvalue weighted by atomic mass is 10.0. The van der Waals surface area contributed by atoms with E-state index in [2.05, 4.69) is 0 Å². The summed E-state index contributed by atoms with van der Waals surface area (Å²) in [6, 6.07) is 4.80. The highest BCUT2D eigenvalue weighted by Gasteiger charge is 2.24. The minimum atomic E-state index is -0.343. The zero-order chi connectivity index (χ0) is 21.8. The van der Waals surface area contributed by atoms with Crippen molar-refractivity contribution in [2.45, 2.75) is 0 Å². The Kier molecular flexibility index (Phi) is 6.22. The highest BCUT2D eigenvalue weighted by Crippen LogP contribution is 2.44. The van der Waals surface area contributed by atoms with Crippen LogP contribution in [0.1, 0.15) is 0 Å². The van der Waals surface area contributed by atoms with Crippen LogP contribution in [0, 0.1) is 0 Å². The van der Waals surface area contributed by atoms with Crippen LogP contribution in [0.15, 0.2) is 33.7 Å². The van der Waals surface area contributed by atoms with Crippen molar-refractivity contribution in [1.29, 1.82) is 0 Å². The van der Waals surface area contributed by atoms with Crippen molar-refractivity contribution in [1.82, 2.24) is 0 Å². The van der Waals surface area contributed by atoms with Crippen molar-refractivity contribution >= 4 is 11.0 Å². The van der Waals surface area contributed by atoms with E-state index in [0.717, 1.165) is 0 Å². The Morgan fingerprint density at radius 1 is 0.700 bits per heavy atom. The van der Waals surface area contributed by atoms with E-state index in [1.54, 1.807) is 12.1 Å². The highest BCUT2D eigenvalue weighted by atomic mass is 17.2. The molecule has 9 heteroatoms. The molecule has 0 spiro atoms. The second kappa shape index (κ2) is 8.83. The SMILES string of the molecule is COOc1cc2occ(-c3cc(OC)c(OC)c(OC)c3)c(=O)c2c(OC)c1OC. The third-order valence-electron chi connectivity index (χ3n) is 4.50. The summed E-state index contributed by atoms with van der Waals surface area (Å²) in [5, 5.41) is 0.184. The predicted octanol–water partition coefficient (Wildman–Crippen LogP) is 3.44. The van der Waals surface area contributed by atoms with E-state index >= 15 is 0 Å². The fourth-order valence-electron chi connectivity index (χ4n) is 3.19. The first-order valence-electron chi connectivity index (χ1n) is 8.76. The molecule has 0 bridgehead atoms. The molecule has 0 aliphatic rings. The summed E-state index contributed by atoms with van der Waals surface area (Å²) >= 11 is 0. The van der Waals surface area contributed by atoms with Crippen LogP contribution in [0.2, 0.25) is 0 Å². The minimum Gasteiger partial charge on any atom is -0.493 e. The molecule has 1 aromatic heterocycles. The van der Waals surface area contributed by atoms with Crippen molar-refractivity contribution in [3.63, 3.8) is 0 Å². The molecule has 0 saturated carbocycles. The van der Waals surface area contributed by atoms with Gasteiger partial charge in [0.15, 0.2) is 17.2 Å². The molecule has 0 aliphatic heterocycles. The molecule has 0 unspecified atom stereocenters. The Bertz CT molecular complexity index is 1090. The number of fused-ring (bicyclic) bond motifs is 1. The average Bonchev–Trinajstić information content (AvgIpc) is 2.77. The molecule has 0 atom stereocenters. The van der Waals surface area contributed by atoms with Crippen molar-refractivity contribution in [3.05, 3.63) is 34.7 Å². The topological polar surface area (TPSA) is 94.8 Å². The van der Waals surface area contributed by atoms with Gasteiger partial charge >= 0.3 is 0 Å². The Hall–Kier alpha value is -3.59. The van der Waals surface area contributed by atoms with Crippen molar-refractivity contribution in [2.75, 3.05) is 42.7 Å². The standard InChI is InChI=1S/C21H22O9/c1-23-14-7-11(8-15(24-2)19(14)25-3)12-10-29-13-9-16(30-28-6)20(26-4)21(27-5)17(13)18(12)22/h7-10H,1-6H3. The van der Waals surface area contributed by atoms with Crippen molar-refractivity contribution in [2.24, 2.45) is 0 Å². The van der Waals surface area contributed by atoms with Gasteiger partial charge in [-0.15, -0.1) is 0 Å². The molecule has 9 nitrogen and oxygen atoms in total. The normalized spacial score (nSPS) is 10.6. The quantitative estimate of drug-likeness (QED) is 0.403. The van der Waals surface area contributed by atoms with Gasteiger partial charge in [0, 0.05) is 6.07 Å². The molecule has 0 amide bonds. The lowest BCUT2D eigenvalue weighted by molar-refractivity contribution is -0.179. The predicted molar refractivity (Wildman–Crippen MR) is 108 cm³/mol. The van der Waals surface area contributed by atoms with Crippen LogP contribution in [-0.2, 0) is 4.89 Å². The van der Waals surface area contributed by atoms with Gasteiger partial charge in [0.1, 0.15) is 17.2 Å². The zero-order valence-electron chi connectivity index (χ0n) is 17.5. The van der Waals surface area contributed by atoms with Gasteiger partial charge in [-0.3, -0.25) is 4.79 Å². The number of hydrogen-bond donors (Lipinski definition) is 0. The Labute approximate surface area is 172 Å². The molecule has 0 saturated heterocycles. The molecule has 1 heterocycles. The molecule has 160 valence electrons. The van der Waals surface area contributed by atoms with Crippen LogP contribution in [0.5, 0.6) is 34.5 Å². The van der Waals surface area contributed by atoms with Crippen molar-refractivity contribution < 1.29 is 37.9 Å². The maximum Gasteiger partial charge on any atom is 0.214 e. The van der Waals surface area contributed by atoms with Crippen molar-refractivity contribution in [3.8, 4) is 45.6 Å². The van der Waals surface area contributed by atoms with E-state index in [-0.39, 0.29) is 39.2 Å². The van der Waals surface area contributed by atoms with Gasteiger partial charge in [-0.05, 0) is 17.7 Å². The summed E-state index contributed by atoms with van der Waals surface area (Å²) in [4.78, 5) is 23.2. The van der Waals surface area contributed by atoms with Gasteiger partial charge in [0.2, 0.25) is 22.7 Å². The van der Waals surface area contributed by atoms with Crippen LogP contribution in [0.4, 0.5) is 0 Å². The molecule has 0 aliphatic carbocycles. The lowest BCUT2D eigenvalue weighted by Gasteiger charge is -2.15. The summed E-state index contributed by atoms with van der Waals surface area (Å²) in [6.07, 6.45) is 1.34. The van der Waals surface area contributed by atoms with Gasteiger partial charge < -0.3 is 33.0 Å². The second-order valence-electron chi connectivity index (χ2n) is 5.96. The van der Waals surface area contributed by atoms with E-state index in [9.17, 15) is 4.79 Å². The first kappa shape index (κ1) is 21.1. The van der Waals surface area contributed by atoms with Crippen LogP contribution in [0.25, 0.3) is 22.1 Å². The summed E-state index contributed by atoms with van der Waals surface area (Å²) in [5.74, 6) is 1.77. The molecule has 0 N–H and O–H groups in total. The van der Waals surface area contributed by atoms with E-state index < -0.39 is 0 Å². The number of ether oxygens (including phenoxy) is 5. The average molecular weight is 418 g/mol. The van der Waals surface area contributed by atoms with E-state index in [4.69, 9.17) is 37.9 Å². The largest absolute Gasteiger partial charge is 0.493 e. The fraction of sp³-hybridized carbons (Fsp3) is 0.286. The Morgan fingerprint density at radius 2 is 1.30 bits per heavy atom. The molecule has 3 rings (SSSR count).